The Morgan fingerprint density at radius 2 is 1.06 bits per heavy atom. The second kappa shape index (κ2) is 10.9. The molecule has 0 radical (unpaired) electrons. The first kappa shape index (κ1) is 26.0. The van der Waals surface area contributed by atoms with Gasteiger partial charge in [0.2, 0.25) is 0 Å². The Kier molecular flexibility index (Phi) is 9.11. The van der Waals surface area contributed by atoms with E-state index in [9.17, 15) is 29.8 Å². The van der Waals surface area contributed by atoms with Crippen LogP contribution in [0.5, 0.6) is 0 Å². The zero-order valence-electron chi connectivity index (χ0n) is 14.7. The van der Waals surface area contributed by atoms with Crippen molar-refractivity contribution in [2.45, 2.75) is 9.79 Å². The van der Waals surface area contributed by atoms with Crippen LogP contribution in [0.3, 0.4) is 0 Å². The zero-order valence-corrected chi connectivity index (χ0v) is 17.2. The number of rotatable bonds is 7. The Morgan fingerprint density at radius 3 is 1.29 bits per heavy atom. The Balaban J connectivity index is 0.000000861. The molecule has 0 bridgehead atoms. The molecule has 0 aromatic heterocycles. The summed E-state index contributed by atoms with van der Waals surface area (Å²) in [5.74, 6) is -2.90. The molecule has 0 aliphatic rings. The Hall–Kier alpha value is -3.01. The second-order valence-corrected chi connectivity index (χ2v) is 8.47. The van der Waals surface area contributed by atoms with E-state index in [-0.39, 0.29) is 0 Å². The van der Waals surface area contributed by atoms with E-state index >= 15 is 0 Å². The van der Waals surface area contributed by atoms with Crippen LogP contribution in [0, 0.1) is 20.2 Å². The quantitative estimate of drug-likeness (QED) is 0.161. The molecule has 0 spiro atoms. The Labute approximate surface area is 179 Å². The molecule has 0 saturated heterocycles. The summed E-state index contributed by atoms with van der Waals surface area (Å²) in [4.78, 5) is 64.6. The third-order valence-electron chi connectivity index (χ3n) is 3.02. The van der Waals surface area contributed by atoms with Gasteiger partial charge in [-0.2, -0.15) is 0 Å². The lowest BCUT2D eigenvalue weighted by atomic mass is 10.2. The third-order valence-corrected chi connectivity index (χ3v) is 5.41. The molecule has 0 unspecified atom stereocenters. The predicted octanol–water partition coefficient (Wildman–Crippen LogP) is 2.77. The highest BCUT2D eigenvalue weighted by atomic mass is 33.1. The molecule has 17 heteroatoms. The van der Waals surface area contributed by atoms with Crippen LogP contribution in [0.4, 0.5) is 11.4 Å². The Morgan fingerprint density at radius 1 is 0.774 bits per heavy atom. The largest absolute Gasteiger partial charge is 0.477 e. The van der Waals surface area contributed by atoms with Gasteiger partial charge in [0.15, 0.2) is 0 Å². The standard InChI is InChI=1S/C14H8N2O8S2.H3O4P/c17-13(18)9-5-7(1-3-11(9)15(21)22)25-26-8-2-4-12(16(23)24)10(6-8)14(19)20;1-5(2,3)4/h1-6H,(H,17,18)(H,19,20);(H3,1,2,3,4). The van der Waals surface area contributed by atoms with Gasteiger partial charge in [0.05, 0.1) is 9.85 Å². The van der Waals surface area contributed by atoms with Crippen molar-refractivity contribution >= 4 is 52.7 Å². The molecule has 31 heavy (non-hydrogen) atoms. The molecule has 0 saturated carbocycles. The van der Waals surface area contributed by atoms with Crippen LogP contribution in [0.2, 0.25) is 0 Å². The maximum absolute atomic E-state index is 11.1. The molecule has 5 N–H and O–H groups in total. The molecule has 0 aliphatic heterocycles. The summed E-state index contributed by atoms with van der Waals surface area (Å²) in [5, 5.41) is 39.8. The number of phosphoric acid groups is 1. The number of hydrogen-bond donors (Lipinski definition) is 5. The number of carboxylic acids is 2. The summed E-state index contributed by atoms with van der Waals surface area (Å²) >= 11 is 0. The number of carboxylic acid groups (broad SMARTS) is 2. The number of nitro benzene ring substituents is 2. The van der Waals surface area contributed by atoms with Gasteiger partial charge in [-0.15, -0.1) is 0 Å². The Bertz CT molecular complexity index is 1000. The van der Waals surface area contributed by atoms with E-state index in [0.717, 1.165) is 45.9 Å². The highest BCUT2D eigenvalue weighted by Gasteiger charge is 2.22. The predicted molar refractivity (Wildman–Crippen MR) is 106 cm³/mol. The zero-order chi connectivity index (χ0) is 23.9. The van der Waals surface area contributed by atoms with E-state index in [1.165, 1.54) is 12.1 Å². The van der Waals surface area contributed by atoms with E-state index in [1.807, 2.05) is 0 Å². The summed E-state index contributed by atoms with van der Waals surface area (Å²) in [6.07, 6.45) is 0. The van der Waals surface area contributed by atoms with Crippen molar-refractivity contribution in [2.24, 2.45) is 0 Å². The lowest BCUT2D eigenvalue weighted by Crippen LogP contribution is -2.02. The molecule has 0 atom stereocenters. The number of hydrogen-bond acceptors (Lipinski definition) is 9. The maximum Gasteiger partial charge on any atom is 0.466 e. The van der Waals surface area contributed by atoms with Crippen LogP contribution >= 0.6 is 29.4 Å². The van der Waals surface area contributed by atoms with E-state index in [2.05, 4.69) is 0 Å². The van der Waals surface area contributed by atoms with Crippen LogP contribution in [-0.2, 0) is 4.57 Å². The molecular formula is C14H11N2O12PS2. The number of nitrogens with zero attached hydrogens (tertiary/aromatic N) is 2. The smallest absolute Gasteiger partial charge is 0.466 e. The highest BCUT2D eigenvalue weighted by Crippen LogP contribution is 2.40. The van der Waals surface area contributed by atoms with Crippen LogP contribution in [0.15, 0.2) is 46.2 Å². The first-order valence-corrected chi connectivity index (χ1v) is 11.1. The number of benzene rings is 2. The van der Waals surface area contributed by atoms with E-state index in [4.69, 9.17) is 29.5 Å². The second-order valence-electron chi connectivity index (χ2n) is 5.16. The van der Waals surface area contributed by atoms with Crippen LogP contribution in [0.25, 0.3) is 0 Å². The SMILES string of the molecule is O=C(O)c1cc(SSc2ccc([N+](=O)[O-])c(C(=O)O)c2)ccc1[N+](=O)[O-].O=P(O)(O)O. The van der Waals surface area contributed by atoms with Crippen molar-refractivity contribution in [3.63, 3.8) is 0 Å². The van der Waals surface area contributed by atoms with Crippen molar-refractivity contribution in [1.82, 2.24) is 0 Å². The van der Waals surface area contributed by atoms with E-state index in [0.29, 0.717) is 9.79 Å². The molecule has 0 fully saturated rings. The minimum atomic E-state index is -4.64. The fourth-order valence-corrected chi connectivity index (χ4v) is 3.86. The van der Waals surface area contributed by atoms with Crippen LogP contribution in [0.1, 0.15) is 20.7 Å². The van der Waals surface area contributed by atoms with Gasteiger partial charge in [0, 0.05) is 21.9 Å². The summed E-state index contributed by atoms with van der Waals surface area (Å²) in [6.45, 7) is 0. The van der Waals surface area contributed by atoms with Crippen molar-refractivity contribution in [1.29, 1.82) is 0 Å². The van der Waals surface area contributed by atoms with E-state index in [1.54, 1.807) is 0 Å². The molecule has 166 valence electrons. The van der Waals surface area contributed by atoms with Gasteiger partial charge in [-0.1, -0.05) is 21.6 Å². The normalized spacial score (nSPS) is 10.5. The average Bonchev–Trinajstić information content (AvgIpc) is 2.64. The molecule has 0 amide bonds. The van der Waals surface area contributed by atoms with Crippen LogP contribution in [-0.4, -0.2) is 46.7 Å². The summed E-state index contributed by atoms with van der Waals surface area (Å²) in [6, 6.07) is 7.08. The third kappa shape index (κ3) is 8.71. The number of carbonyl (C=O) groups is 2. The molecule has 0 heterocycles. The minimum absolute atomic E-state index is 0.383. The molecule has 2 aromatic rings. The molecular weight excluding hydrogens is 483 g/mol. The molecule has 14 nitrogen and oxygen atoms in total. The molecule has 2 rings (SSSR count). The van der Waals surface area contributed by atoms with Crippen molar-refractivity contribution in [2.75, 3.05) is 0 Å². The van der Waals surface area contributed by atoms with Gasteiger partial charge in [-0.05, 0) is 24.3 Å². The number of nitro groups is 2. The van der Waals surface area contributed by atoms with Crippen molar-refractivity contribution in [3.8, 4) is 0 Å². The fourth-order valence-electron chi connectivity index (χ4n) is 1.89. The summed E-state index contributed by atoms with van der Waals surface area (Å²) in [5.41, 5.74) is -2.04. The lowest BCUT2D eigenvalue weighted by Gasteiger charge is -2.05. The number of aromatic carboxylic acids is 2. The monoisotopic (exact) mass is 494 g/mol. The van der Waals surface area contributed by atoms with Crippen molar-refractivity contribution < 1.29 is 48.9 Å². The molecule has 0 aliphatic carbocycles. The van der Waals surface area contributed by atoms with Gasteiger partial charge in [-0.3, -0.25) is 20.2 Å². The average molecular weight is 494 g/mol. The van der Waals surface area contributed by atoms with E-state index < -0.39 is 52.1 Å². The maximum atomic E-state index is 11.1. The van der Waals surface area contributed by atoms with Gasteiger partial charge in [-0.25, -0.2) is 14.2 Å². The highest BCUT2D eigenvalue weighted by molar-refractivity contribution is 8.76. The van der Waals surface area contributed by atoms with Gasteiger partial charge >= 0.3 is 19.8 Å². The minimum Gasteiger partial charge on any atom is -0.477 e. The lowest BCUT2D eigenvalue weighted by molar-refractivity contribution is -0.385. The van der Waals surface area contributed by atoms with Gasteiger partial charge in [0.1, 0.15) is 11.1 Å². The fraction of sp³-hybridized carbons (Fsp3) is 0. The first-order valence-electron chi connectivity index (χ1n) is 7.37. The van der Waals surface area contributed by atoms with Crippen LogP contribution < -0.4 is 0 Å². The topological polar surface area (TPSA) is 239 Å². The molecule has 2 aromatic carbocycles. The summed E-state index contributed by atoms with van der Waals surface area (Å²) < 4.78 is 8.88. The first-order chi connectivity index (χ1) is 14.2. The summed E-state index contributed by atoms with van der Waals surface area (Å²) in [7, 11) is -2.58. The van der Waals surface area contributed by atoms with Gasteiger partial charge in [0.25, 0.3) is 11.4 Å². The van der Waals surface area contributed by atoms with Gasteiger partial charge < -0.3 is 24.9 Å². The van der Waals surface area contributed by atoms with Crippen molar-refractivity contribution in [3.05, 3.63) is 67.8 Å².